The van der Waals surface area contributed by atoms with Gasteiger partial charge in [0.1, 0.15) is 0 Å². The molecule has 2 aliphatic rings. The molecule has 2 aromatic rings. The third-order valence-corrected chi connectivity index (χ3v) is 6.16. The van der Waals surface area contributed by atoms with Crippen LogP contribution in [0.3, 0.4) is 0 Å². The molecule has 140 valence electrons. The summed E-state index contributed by atoms with van der Waals surface area (Å²) < 4.78 is 1.88. The van der Waals surface area contributed by atoms with Crippen molar-refractivity contribution in [2.75, 3.05) is 13.1 Å². The van der Waals surface area contributed by atoms with Crippen molar-refractivity contribution in [3.8, 4) is 0 Å². The Balaban J connectivity index is 1.65. The van der Waals surface area contributed by atoms with Gasteiger partial charge in [0, 0.05) is 30.7 Å². The van der Waals surface area contributed by atoms with E-state index in [1.807, 2.05) is 27.7 Å². The van der Waals surface area contributed by atoms with E-state index in [1.165, 1.54) is 12.8 Å². The lowest BCUT2D eigenvalue weighted by Crippen LogP contribution is -2.49. The smallest absolute Gasteiger partial charge is 0.326 e. The van der Waals surface area contributed by atoms with Gasteiger partial charge in [-0.3, -0.25) is 9.36 Å². The van der Waals surface area contributed by atoms with Gasteiger partial charge in [0.2, 0.25) is 0 Å². The molecule has 1 aliphatic carbocycles. The Bertz CT molecular complexity index is 862. The van der Waals surface area contributed by atoms with Crippen LogP contribution in [0.2, 0.25) is 0 Å². The molecule has 6 nitrogen and oxygen atoms in total. The number of likely N-dealkylation sites (tertiary alicyclic amines) is 1. The summed E-state index contributed by atoms with van der Waals surface area (Å²) in [5.74, 6) is 0.621. The Morgan fingerprint density at radius 2 is 2.04 bits per heavy atom. The molecular formula is C20H28N4O2. The molecule has 2 atom stereocenters. The number of piperidine rings is 1. The van der Waals surface area contributed by atoms with Crippen LogP contribution in [0, 0.1) is 5.92 Å². The van der Waals surface area contributed by atoms with Gasteiger partial charge in [-0.15, -0.1) is 0 Å². The molecule has 2 heterocycles. The summed E-state index contributed by atoms with van der Waals surface area (Å²) in [7, 11) is 0. The van der Waals surface area contributed by atoms with Crippen molar-refractivity contribution in [2.45, 2.75) is 57.5 Å². The number of rotatable bonds is 3. The molecule has 3 N–H and O–H groups in total. The van der Waals surface area contributed by atoms with Gasteiger partial charge in [-0.2, -0.15) is 0 Å². The number of H-pyrrole nitrogens is 1. The molecule has 4 rings (SSSR count). The van der Waals surface area contributed by atoms with Crippen molar-refractivity contribution < 1.29 is 4.79 Å². The van der Waals surface area contributed by atoms with Gasteiger partial charge in [0.15, 0.2) is 0 Å². The van der Waals surface area contributed by atoms with Gasteiger partial charge in [-0.1, -0.05) is 19.8 Å². The second kappa shape index (κ2) is 6.91. The van der Waals surface area contributed by atoms with E-state index in [0.29, 0.717) is 18.0 Å². The molecule has 1 aromatic heterocycles. The fourth-order valence-corrected chi connectivity index (χ4v) is 4.70. The summed E-state index contributed by atoms with van der Waals surface area (Å²) in [6.07, 6.45) is 6.43. The molecule has 0 spiro atoms. The van der Waals surface area contributed by atoms with Crippen molar-refractivity contribution in [1.29, 1.82) is 0 Å². The van der Waals surface area contributed by atoms with E-state index in [2.05, 4.69) is 11.9 Å². The Morgan fingerprint density at radius 3 is 2.77 bits per heavy atom. The first-order valence-electron chi connectivity index (χ1n) is 9.83. The number of nitrogens with one attached hydrogen (secondary N) is 1. The topological polar surface area (TPSA) is 84.1 Å². The maximum atomic E-state index is 13.0. The van der Waals surface area contributed by atoms with Crippen LogP contribution in [-0.4, -0.2) is 39.5 Å². The lowest BCUT2D eigenvalue weighted by Gasteiger charge is -2.38. The third-order valence-electron chi connectivity index (χ3n) is 6.16. The summed E-state index contributed by atoms with van der Waals surface area (Å²) in [5.41, 5.74) is 8.13. The van der Waals surface area contributed by atoms with Gasteiger partial charge in [-0.25, -0.2) is 4.79 Å². The summed E-state index contributed by atoms with van der Waals surface area (Å²) in [6, 6.07) is 5.99. The minimum Gasteiger partial charge on any atom is -0.334 e. The number of amides is 1. The van der Waals surface area contributed by atoms with E-state index in [9.17, 15) is 9.59 Å². The van der Waals surface area contributed by atoms with E-state index >= 15 is 0 Å². The number of fused-ring (bicyclic) bond motifs is 1. The molecule has 1 aromatic carbocycles. The molecule has 0 radical (unpaired) electrons. The first-order chi connectivity index (χ1) is 12.6. The molecular weight excluding hydrogens is 328 g/mol. The Labute approximate surface area is 153 Å². The monoisotopic (exact) mass is 356 g/mol. The standard InChI is InChI=1S/C20H28N4O2/c1-13-8-9-23(16(10-13)12-21)19(25)14-6-7-18-17(11-14)22-20(26)24(18)15-4-2-3-5-15/h6-7,11,13,15-16H,2-5,8-10,12,21H2,1H3,(H,22,26). The molecule has 26 heavy (non-hydrogen) atoms. The molecule has 2 fully saturated rings. The van der Waals surface area contributed by atoms with Crippen LogP contribution in [0.5, 0.6) is 0 Å². The number of nitrogens with zero attached hydrogens (tertiary/aromatic N) is 2. The molecule has 1 saturated carbocycles. The Hall–Kier alpha value is -2.08. The molecule has 1 amide bonds. The van der Waals surface area contributed by atoms with E-state index in [4.69, 9.17) is 5.73 Å². The van der Waals surface area contributed by atoms with Crippen molar-refractivity contribution in [1.82, 2.24) is 14.5 Å². The van der Waals surface area contributed by atoms with E-state index in [0.717, 1.165) is 43.3 Å². The van der Waals surface area contributed by atoms with Crippen LogP contribution in [0.1, 0.15) is 61.8 Å². The fourth-order valence-electron chi connectivity index (χ4n) is 4.70. The number of nitrogens with two attached hydrogens (primary N) is 1. The number of imidazole rings is 1. The predicted molar refractivity (Wildman–Crippen MR) is 102 cm³/mol. The highest BCUT2D eigenvalue weighted by atomic mass is 16.2. The summed E-state index contributed by atoms with van der Waals surface area (Å²) in [5, 5.41) is 0. The fraction of sp³-hybridized carbons (Fsp3) is 0.600. The van der Waals surface area contributed by atoms with Crippen molar-refractivity contribution >= 4 is 16.9 Å². The summed E-state index contributed by atoms with van der Waals surface area (Å²) >= 11 is 0. The van der Waals surface area contributed by atoms with Gasteiger partial charge in [0.05, 0.1) is 11.0 Å². The van der Waals surface area contributed by atoms with Gasteiger partial charge in [-0.05, 0) is 49.8 Å². The van der Waals surface area contributed by atoms with Crippen LogP contribution in [-0.2, 0) is 0 Å². The maximum Gasteiger partial charge on any atom is 0.326 e. The third kappa shape index (κ3) is 2.96. The zero-order chi connectivity index (χ0) is 18.3. The summed E-state index contributed by atoms with van der Waals surface area (Å²) in [6.45, 7) is 3.46. The van der Waals surface area contributed by atoms with E-state index < -0.39 is 0 Å². The first-order valence-corrected chi connectivity index (χ1v) is 9.83. The lowest BCUT2D eigenvalue weighted by molar-refractivity contribution is 0.0574. The van der Waals surface area contributed by atoms with Crippen LogP contribution < -0.4 is 11.4 Å². The van der Waals surface area contributed by atoms with Crippen LogP contribution >= 0.6 is 0 Å². The maximum absolute atomic E-state index is 13.0. The van der Waals surface area contributed by atoms with Crippen LogP contribution in [0.4, 0.5) is 0 Å². The number of benzene rings is 1. The van der Waals surface area contributed by atoms with Gasteiger partial charge >= 0.3 is 5.69 Å². The second-order valence-corrected chi connectivity index (χ2v) is 7.99. The zero-order valence-electron chi connectivity index (χ0n) is 15.4. The lowest BCUT2D eigenvalue weighted by atomic mass is 9.92. The molecule has 1 saturated heterocycles. The quantitative estimate of drug-likeness (QED) is 0.887. The predicted octanol–water partition coefficient (Wildman–Crippen LogP) is 2.64. The van der Waals surface area contributed by atoms with Crippen LogP contribution in [0.15, 0.2) is 23.0 Å². The average molecular weight is 356 g/mol. The highest BCUT2D eigenvalue weighted by Crippen LogP contribution is 2.31. The molecule has 1 aliphatic heterocycles. The van der Waals surface area contributed by atoms with Crippen molar-refractivity contribution in [2.24, 2.45) is 11.7 Å². The Kier molecular flexibility index (Phi) is 4.61. The normalized spacial score (nSPS) is 24.5. The first kappa shape index (κ1) is 17.3. The summed E-state index contributed by atoms with van der Waals surface area (Å²) in [4.78, 5) is 30.3. The van der Waals surface area contributed by atoms with Gasteiger partial charge in [0.25, 0.3) is 5.91 Å². The largest absolute Gasteiger partial charge is 0.334 e. The average Bonchev–Trinajstić information content (AvgIpc) is 3.26. The van der Waals surface area contributed by atoms with Crippen molar-refractivity contribution in [3.63, 3.8) is 0 Å². The van der Waals surface area contributed by atoms with E-state index in [1.54, 1.807) is 0 Å². The number of aromatic nitrogens is 2. The van der Waals surface area contributed by atoms with Crippen molar-refractivity contribution in [3.05, 3.63) is 34.2 Å². The minimum absolute atomic E-state index is 0.0173. The SMILES string of the molecule is CC1CCN(C(=O)c2ccc3c(c2)[nH]c(=O)n3C2CCCC2)C(CN)C1. The highest BCUT2D eigenvalue weighted by Gasteiger charge is 2.30. The van der Waals surface area contributed by atoms with Gasteiger partial charge < -0.3 is 15.6 Å². The Morgan fingerprint density at radius 1 is 1.27 bits per heavy atom. The number of hydrogen-bond acceptors (Lipinski definition) is 3. The number of carbonyl (C=O) groups excluding carboxylic acids is 1. The number of carbonyl (C=O) groups is 1. The number of aromatic amines is 1. The highest BCUT2D eigenvalue weighted by molar-refractivity contribution is 5.97. The zero-order valence-corrected chi connectivity index (χ0v) is 15.4. The molecule has 2 unspecified atom stereocenters. The van der Waals surface area contributed by atoms with Crippen LogP contribution in [0.25, 0.3) is 11.0 Å². The minimum atomic E-state index is -0.0665. The molecule has 6 heteroatoms. The number of hydrogen-bond donors (Lipinski definition) is 2. The molecule has 0 bridgehead atoms. The van der Waals surface area contributed by atoms with E-state index in [-0.39, 0.29) is 23.7 Å². The second-order valence-electron chi connectivity index (χ2n) is 7.99.